The molecule has 6 nitrogen and oxygen atoms in total. The molecule has 1 aromatic carbocycles. The van der Waals surface area contributed by atoms with Gasteiger partial charge in [-0.1, -0.05) is 0 Å². The summed E-state index contributed by atoms with van der Waals surface area (Å²) < 4.78 is 43.8. The Bertz CT molecular complexity index is 670. The average Bonchev–Trinajstić information content (AvgIpc) is 2.84. The van der Waals surface area contributed by atoms with Crippen LogP contribution in [-0.4, -0.2) is 57.7 Å². The molecule has 128 valence electrons. The van der Waals surface area contributed by atoms with E-state index in [1.165, 1.54) is 20.2 Å². The zero-order chi connectivity index (χ0) is 17.2. The van der Waals surface area contributed by atoms with E-state index < -0.39 is 27.8 Å². The van der Waals surface area contributed by atoms with E-state index in [-0.39, 0.29) is 30.4 Å². The smallest absolute Gasteiger partial charge is 0.251 e. The monoisotopic (exact) mass is 344 g/mol. The summed E-state index contributed by atoms with van der Waals surface area (Å²) in [5, 5.41) is 2.75. The molecule has 1 aromatic rings. The Morgan fingerprint density at radius 2 is 2.04 bits per heavy atom. The van der Waals surface area contributed by atoms with Gasteiger partial charge in [0.1, 0.15) is 5.82 Å². The number of carbonyl (C=O) groups is 1. The molecule has 1 aliphatic rings. The number of nitrogens with one attached hydrogen (secondary N) is 1. The van der Waals surface area contributed by atoms with Crippen molar-refractivity contribution in [3.8, 4) is 0 Å². The lowest BCUT2D eigenvalue weighted by Gasteiger charge is -2.21. The van der Waals surface area contributed by atoms with Gasteiger partial charge in [0.05, 0.1) is 25.0 Å². The number of hydrogen-bond acceptors (Lipinski definition) is 4. The van der Waals surface area contributed by atoms with Crippen molar-refractivity contribution in [1.29, 1.82) is 0 Å². The summed E-state index contributed by atoms with van der Waals surface area (Å²) in [7, 11) is -0.453. The molecule has 0 unspecified atom stereocenters. The highest BCUT2D eigenvalue weighted by Crippen LogP contribution is 2.18. The maximum atomic E-state index is 13.4. The minimum Gasteiger partial charge on any atom is -0.379 e. The van der Waals surface area contributed by atoms with E-state index in [0.29, 0.717) is 5.56 Å². The predicted molar refractivity (Wildman–Crippen MR) is 84.2 cm³/mol. The summed E-state index contributed by atoms with van der Waals surface area (Å²) in [6, 6.07) is 3.66. The van der Waals surface area contributed by atoms with Crippen molar-refractivity contribution in [3.63, 3.8) is 0 Å². The first-order valence-electron chi connectivity index (χ1n) is 7.25. The molecular weight excluding hydrogens is 323 g/mol. The van der Waals surface area contributed by atoms with Gasteiger partial charge in [-0.15, -0.1) is 0 Å². The van der Waals surface area contributed by atoms with Crippen LogP contribution in [0.15, 0.2) is 18.2 Å². The molecule has 1 fully saturated rings. The lowest BCUT2D eigenvalue weighted by molar-refractivity contribution is 0.0925. The standard InChI is InChI=1S/C15H21FN2O4S/c1-10-4-11(6-13(16)5-10)15(19)17-14-8-22-7-12(14)9-23(20,21)18(2)3/h4-6,12,14H,7-9H2,1-3H3,(H,17,19)/t12-,14+/m0/s1. The molecular formula is C15H21FN2O4S. The highest BCUT2D eigenvalue weighted by molar-refractivity contribution is 7.89. The fourth-order valence-electron chi connectivity index (χ4n) is 2.46. The molecule has 0 spiro atoms. The quantitative estimate of drug-likeness (QED) is 0.856. The van der Waals surface area contributed by atoms with Gasteiger partial charge in [-0.05, 0) is 30.7 Å². The number of sulfonamides is 1. The molecule has 0 radical (unpaired) electrons. The Hall–Kier alpha value is -1.51. The Kier molecular flexibility index (Phi) is 5.38. The Morgan fingerprint density at radius 3 is 2.65 bits per heavy atom. The molecule has 1 N–H and O–H groups in total. The predicted octanol–water partition coefficient (Wildman–Crippen LogP) is 0.770. The van der Waals surface area contributed by atoms with E-state index in [0.717, 1.165) is 10.4 Å². The zero-order valence-corrected chi connectivity index (χ0v) is 14.2. The second-order valence-corrected chi connectivity index (χ2v) is 8.18. The Balaban J connectivity index is 2.07. The van der Waals surface area contributed by atoms with Gasteiger partial charge in [-0.3, -0.25) is 4.79 Å². The third-order valence-electron chi connectivity index (χ3n) is 3.80. The van der Waals surface area contributed by atoms with Crippen LogP contribution in [0.2, 0.25) is 0 Å². The number of halogens is 1. The normalized spacial score (nSPS) is 21.6. The van der Waals surface area contributed by atoms with E-state index in [1.807, 2.05) is 0 Å². The van der Waals surface area contributed by atoms with Gasteiger partial charge in [-0.2, -0.15) is 0 Å². The third kappa shape index (κ3) is 4.49. The number of amides is 1. The summed E-state index contributed by atoms with van der Waals surface area (Å²) >= 11 is 0. The molecule has 8 heteroatoms. The molecule has 23 heavy (non-hydrogen) atoms. The average molecular weight is 344 g/mol. The first-order valence-corrected chi connectivity index (χ1v) is 8.86. The van der Waals surface area contributed by atoms with Gasteiger partial charge in [0.15, 0.2) is 0 Å². The number of aryl methyl sites for hydroxylation is 1. The summed E-state index contributed by atoms with van der Waals surface area (Å²) in [5.74, 6) is -1.35. The zero-order valence-electron chi connectivity index (χ0n) is 13.4. The largest absolute Gasteiger partial charge is 0.379 e. The lowest BCUT2D eigenvalue weighted by Crippen LogP contribution is -2.43. The van der Waals surface area contributed by atoms with E-state index >= 15 is 0 Å². The molecule has 1 aliphatic heterocycles. The van der Waals surface area contributed by atoms with Crippen LogP contribution in [0.4, 0.5) is 4.39 Å². The second-order valence-electron chi connectivity index (χ2n) is 5.96. The summed E-state index contributed by atoms with van der Waals surface area (Å²) in [5.41, 5.74) is 0.855. The van der Waals surface area contributed by atoms with Crippen molar-refractivity contribution in [3.05, 3.63) is 35.1 Å². The molecule has 0 bridgehead atoms. The van der Waals surface area contributed by atoms with E-state index in [1.54, 1.807) is 13.0 Å². The molecule has 0 aromatic heterocycles. The minimum absolute atomic E-state index is 0.104. The minimum atomic E-state index is -3.39. The Labute approximate surface area is 135 Å². The molecule has 1 saturated heterocycles. The molecule has 2 rings (SSSR count). The van der Waals surface area contributed by atoms with Crippen molar-refractivity contribution in [2.24, 2.45) is 5.92 Å². The molecule has 2 atom stereocenters. The van der Waals surface area contributed by atoms with Crippen molar-refractivity contribution in [1.82, 2.24) is 9.62 Å². The van der Waals surface area contributed by atoms with Gasteiger partial charge in [0.25, 0.3) is 5.91 Å². The lowest BCUT2D eigenvalue weighted by atomic mass is 10.1. The number of carbonyl (C=O) groups excluding carboxylic acids is 1. The fraction of sp³-hybridized carbons (Fsp3) is 0.533. The Morgan fingerprint density at radius 1 is 1.35 bits per heavy atom. The molecule has 1 heterocycles. The van der Waals surface area contributed by atoms with Gasteiger partial charge in [-0.25, -0.2) is 17.1 Å². The topological polar surface area (TPSA) is 75.7 Å². The van der Waals surface area contributed by atoms with E-state index in [2.05, 4.69) is 5.32 Å². The van der Waals surface area contributed by atoms with Crippen LogP contribution in [0, 0.1) is 18.7 Å². The van der Waals surface area contributed by atoms with Gasteiger partial charge in [0, 0.05) is 25.6 Å². The van der Waals surface area contributed by atoms with Crippen LogP contribution in [0.3, 0.4) is 0 Å². The summed E-state index contributed by atoms with van der Waals surface area (Å²) in [6.07, 6.45) is 0. The molecule has 0 aliphatic carbocycles. The van der Waals surface area contributed by atoms with Crippen LogP contribution >= 0.6 is 0 Å². The number of hydrogen-bond donors (Lipinski definition) is 1. The highest BCUT2D eigenvalue weighted by atomic mass is 32.2. The van der Waals surface area contributed by atoms with Gasteiger partial charge >= 0.3 is 0 Å². The number of ether oxygens (including phenoxy) is 1. The number of benzene rings is 1. The third-order valence-corrected chi connectivity index (χ3v) is 5.76. The van der Waals surface area contributed by atoms with Crippen molar-refractivity contribution in [2.45, 2.75) is 13.0 Å². The van der Waals surface area contributed by atoms with Crippen LogP contribution in [0.25, 0.3) is 0 Å². The van der Waals surface area contributed by atoms with Crippen molar-refractivity contribution >= 4 is 15.9 Å². The van der Waals surface area contributed by atoms with Crippen molar-refractivity contribution in [2.75, 3.05) is 33.1 Å². The van der Waals surface area contributed by atoms with E-state index in [9.17, 15) is 17.6 Å². The number of rotatable bonds is 5. The van der Waals surface area contributed by atoms with Crippen LogP contribution in [-0.2, 0) is 14.8 Å². The van der Waals surface area contributed by atoms with Crippen molar-refractivity contribution < 1.29 is 22.3 Å². The fourth-order valence-corrected chi connectivity index (χ4v) is 3.63. The SMILES string of the molecule is Cc1cc(F)cc(C(=O)N[C@@H]2COC[C@H]2CS(=O)(=O)N(C)C)c1. The van der Waals surface area contributed by atoms with Crippen LogP contribution in [0.5, 0.6) is 0 Å². The first kappa shape index (κ1) is 17.8. The van der Waals surface area contributed by atoms with Crippen LogP contribution in [0.1, 0.15) is 15.9 Å². The summed E-state index contributed by atoms with van der Waals surface area (Å²) in [6.45, 7) is 2.21. The first-order chi connectivity index (χ1) is 10.7. The molecule has 1 amide bonds. The van der Waals surface area contributed by atoms with Gasteiger partial charge in [0.2, 0.25) is 10.0 Å². The molecule has 0 saturated carbocycles. The van der Waals surface area contributed by atoms with Crippen LogP contribution < -0.4 is 5.32 Å². The highest BCUT2D eigenvalue weighted by Gasteiger charge is 2.34. The summed E-state index contributed by atoms with van der Waals surface area (Å²) in [4.78, 5) is 12.3. The van der Waals surface area contributed by atoms with E-state index in [4.69, 9.17) is 4.74 Å². The number of nitrogens with zero attached hydrogens (tertiary/aromatic N) is 1. The maximum Gasteiger partial charge on any atom is 0.251 e. The second kappa shape index (κ2) is 6.94. The van der Waals surface area contributed by atoms with Gasteiger partial charge < -0.3 is 10.1 Å². The maximum absolute atomic E-state index is 13.4.